The molecule has 0 bridgehead atoms. The van der Waals surface area contributed by atoms with Crippen molar-refractivity contribution in [2.45, 2.75) is 71.5 Å². The van der Waals surface area contributed by atoms with E-state index in [-0.39, 0.29) is 29.6 Å². The van der Waals surface area contributed by atoms with Gasteiger partial charge in [0.2, 0.25) is 11.8 Å². The van der Waals surface area contributed by atoms with Gasteiger partial charge in [0.05, 0.1) is 35.2 Å². The molecular weight excluding hydrogens is 604 g/mol. The Morgan fingerprint density at radius 2 is 1.69 bits per heavy atom. The van der Waals surface area contributed by atoms with Gasteiger partial charge in [-0.1, -0.05) is 46.8 Å². The lowest BCUT2D eigenvalue weighted by Crippen LogP contribution is -2.29. The van der Waals surface area contributed by atoms with Gasteiger partial charge in [-0.3, -0.25) is 4.79 Å². The molecule has 0 saturated carbocycles. The fourth-order valence-corrected chi connectivity index (χ4v) is 4.27. The van der Waals surface area contributed by atoms with Crippen molar-refractivity contribution in [3.63, 3.8) is 0 Å². The molecule has 240 valence electrons. The van der Waals surface area contributed by atoms with Gasteiger partial charge in [0.25, 0.3) is 11.8 Å². The van der Waals surface area contributed by atoms with E-state index in [1.807, 2.05) is 34.6 Å². The first-order valence-electron chi connectivity index (χ1n) is 13.8. The number of nitrogens with zero attached hydrogens (tertiary/aromatic N) is 5. The van der Waals surface area contributed by atoms with Crippen LogP contribution in [0.3, 0.4) is 0 Å². The molecule has 1 aliphatic heterocycles. The van der Waals surface area contributed by atoms with Crippen LogP contribution in [0, 0.1) is 5.82 Å². The number of amides is 1. The van der Waals surface area contributed by atoms with Gasteiger partial charge in [0.15, 0.2) is 0 Å². The molecule has 0 atom stereocenters. The fourth-order valence-electron chi connectivity index (χ4n) is 4.27. The summed E-state index contributed by atoms with van der Waals surface area (Å²) >= 11 is 0. The van der Waals surface area contributed by atoms with Crippen LogP contribution in [-0.4, -0.2) is 31.8 Å². The van der Waals surface area contributed by atoms with Crippen molar-refractivity contribution in [1.29, 1.82) is 0 Å². The fraction of sp³-hybridized carbons (Fsp3) is 0.355. The maximum Gasteiger partial charge on any atom is 0.419 e. The van der Waals surface area contributed by atoms with Crippen LogP contribution in [0.5, 0.6) is 0 Å². The topological polar surface area (TPSA) is 94.1 Å². The van der Waals surface area contributed by atoms with E-state index >= 15 is 13.2 Å². The van der Waals surface area contributed by atoms with Gasteiger partial charge in [-0.05, 0) is 36.4 Å². The van der Waals surface area contributed by atoms with Crippen LogP contribution < -0.4 is 4.90 Å². The summed E-state index contributed by atoms with van der Waals surface area (Å²) in [6.45, 7) is 12.0. The maximum absolute atomic E-state index is 15.1. The van der Waals surface area contributed by atoms with E-state index in [4.69, 9.17) is 9.21 Å². The zero-order valence-electron chi connectivity index (χ0n) is 25.2. The lowest BCUT2D eigenvalue weighted by Gasteiger charge is -2.25. The Balaban J connectivity index is 0.00000104. The molecule has 8 nitrogen and oxygen atoms in total. The SMILES string of the molecule is C=C=O.CC.CC(C)(C)c1nnc(-c2cc3c(cc2F)C(F)(F)CCC(=O)N3Cc2ccc(-n3cc(C(F)(F)F)cn3)cc2)o1. The molecule has 0 N–H and O–H groups in total. The summed E-state index contributed by atoms with van der Waals surface area (Å²) in [5, 5.41) is 11.5. The average molecular weight is 636 g/mol. The highest BCUT2D eigenvalue weighted by atomic mass is 19.4. The van der Waals surface area contributed by atoms with E-state index in [1.165, 1.54) is 30.2 Å². The standard InChI is InChI=1S/C27H23F6N5O2.C2H2O.C2H6/c1-25(2,3)24-36-35-23(40-24)18-10-21-19(11-20(18)28)26(29,30)9-8-22(39)37(21)13-15-4-6-17(7-5-15)38-14-16(12-34-38)27(31,32)33;1-2-3;1-2/h4-7,10-12,14H,8-9,13H2,1-3H3;1H2;1-2H3. The smallest absolute Gasteiger partial charge is 0.419 e. The van der Waals surface area contributed by atoms with Crippen LogP contribution in [0.2, 0.25) is 0 Å². The highest BCUT2D eigenvalue weighted by Crippen LogP contribution is 2.45. The summed E-state index contributed by atoms with van der Waals surface area (Å²) in [6, 6.07) is 7.86. The predicted molar refractivity (Wildman–Crippen MR) is 154 cm³/mol. The van der Waals surface area contributed by atoms with Gasteiger partial charge in [-0.15, -0.1) is 10.2 Å². The molecule has 0 unspecified atom stereocenters. The minimum Gasteiger partial charge on any atom is -0.420 e. The number of carbonyl (C=O) groups is 1. The molecule has 4 aromatic rings. The summed E-state index contributed by atoms with van der Waals surface area (Å²) in [5.74, 6) is -3.84. The van der Waals surface area contributed by atoms with Crippen molar-refractivity contribution in [1.82, 2.24) is 20.0 Å². The molecule has 14 heteroatoms. The highest BCUT2D eigenvalue weighted by Gasteiger charge is 2.41. The first-order chi connectivity index (χ1) is 21.0. The Labute approximate surface area is 255 Å². The second-order valence-corrected chi connectivity index (χ2v) is 10.7. The Bertz CT molecular complexity index is 1660. The maximum atomic E-state index is 15.1. The van der Waals surface area contributed by atoms with Crippen molar-refractivity contribution in [3.05, 3.63) is 83.8 Å². The Hall–Kier alpha value is -4.71. The monoisotopic (exact) mass is 635 g/mol. The molecule has 0 spiro atoms. The van der Waals surface area contributed by atoms with Crippen molar-refractivity contribution < 1.29 is 40.3 Å². The lowest BCUT2D eigenvalue weighted by atomic mass is 9.97. The number of benzene rings is 2. The largest absolute Gasteiger partial charge is 0.420 e. The average Bonchev–Trinajstić information content (AvgIpc) is 3.66. The normalized spacial score (nSPS) is 14.3. The molecule has 0 aliphatic carbocycles. The number of aromatic nitrogens is 4. The summed E-state index contributed by atoms with van der Waals surface area (Å²) in [6.07, 6.45) is -4.30. The molecule has 2 aromatic carbocycles. The third-order valence-corrected chi connectivity index (χ3v) is 6.47. The van der Waals surface area contributed by atoms with Crippen LogP contribution in [0.1, 0.15) is 70.0 Å². The second-order valence-electron chi connectivity index (χ2n) is 10.7. The lowest BCUT2D eigenvalue weighted by molar-refractivity contribution is -0.137. The summed E-state index contributed by atoms with van der Waals surface area (Å²) in [7, 11) is 0. The van der Waals surface area contributed by atoms with E-state index in [0.29, 0.717) is 23.5 Å². The summed E-state index contributed by atoms with van der Waals surface area (Å²) in [4.78, 5) is 22.7. The molecule has 5 rings (SSSR count). The van der Waals surface area contributed by atoms with Crippen LogP contribution in [0.25, 0.3) is 17.1 Å². The number of alkyl halides is 5. The van der Waals surface area contributed by atoms with E-state index in [9.17, 15) is 18.0 Å². The zero-order valence-corrected chi connectivity index (χ0v) is 25.2. The molecule has 0 radical (unpaired) electrons. The molecule has 2 aromatic heterocycles. The van der Waals surface area contributed by atoms with Crippen molar-refractivity contribution in [3.8, 4) is 17.1 Å². The number of halogens is 6. The third-order valence-electron chi connectivity index (χ3n) is 6.47. The van der Waals surface area contributed by atoms with Gasteiger partial charge in [0.1, 0.15) is 11.8 Å². The van der Waals surface area contributed by atoms with Crippen LogP contribution in [-0.2, 0) is 33.6 Å². The van der Waals surface area contributed by atoms with Gasteiger partial charge in [0, 0.05) is 30.0 Å². The first kappa shape index (κ1) is 34.8. The molecule has 1 aliphatic rings. The number of rotatable bonds is 4. The van der Waals surface area contributed by atoms with E-state index in [0.717, 1.165) is 21.8 Å². The van der Waals surface area contributed by atoms with Crippen LogP contribution in [0.4, 0.5) is 32.0 Å². The molecule has 0 fully saturated rings. The van der Waals surface area contributed by atoms with Crippen molar-refractivity contribution in [2.75, 3.05) is 4.90 Å². The van der Waals surface area contributed by atoms with Gasteiger partial charge < -0.3 is 9.32 Å². The van der Waals surface area contributed by atoms with Crippen molar-refractivity contribution in [2.24, 2.45) is 0 Å². The highest BCUT2D eigenvalue weighted by molar-refractivity contribution is 5.96. The number of hydrogen-bond acceptors (Lipinski definition) is 6. The number of carbonyl (C=O) groups excluding carboxylic acids is 2. The minimum atomic E-state index is -4.55. The Morgan fingerprint density at radius 1 is 1.07 bits per heavy atom. The molecule has 3 heterocycles. The Morgan fingerprint density at radius 3 is 2.22 bits per heavy atom. The van der Waals surface area contributed by atoms with Gasteiger partial charge in [-0.25, -0.2) is 22.6 Å². The van der Waals surface area contributed by atoms with Crippen LogP contribution >= 0.6 is 0 Å². The molecule has 1 amide bonds. The predicted octanol–water partition coefficient (Wildman–Crippen LogP) is 7.83. The number of hydrogen-bond donors (Lipinski definition) is 0. The van der Waals surface area contributed by atoms with Crippen LogP contribution in [0.15, 0.2) is 59.8 Å². The first-order valence-corrected chi connectivity index (χ1v) is 13.8. The van der Waals surface area contributed by atoms with Gasteiger partial charge in [-0.2, -0.15) is 18.3 Å². The Kier molecular flexibility index (Phi) is 10.4. The molecule has 45 heavy (non-hydrogen) atoms. The molecular formula is C31H31F6N5O3. The number of anilines is 1. The van der Waals surface area contributed by atoms with E-state index < -0.39 is 53.2 Å². The van der Waals surface area contributed by atoms with Gasteiger partial charge >= 0.3 is 6.18 Å². The summed E-state index contributed by atoms with van der Waals surface area (Å²) in [5.41, 5.74) is -1.72. The second kappa shape index (κ2) is 13.5. The zero-order chi connectivity index (χ0) is 33.7. The van der Waals surface area contributed by atoms with Crippen molar-refractivity contribution >= 4 is 17.5 Å². The third kappa shape index (κ3) is 7.88. The molecule has 0 saturated heterocycles. The van der Waals surface area contributed by atoms with E-state index in [2.05, 4.69) is 21.9 Å². The summed E-state index contributed by atoms with van der Waals surface area (Å²) < 4.78 is 90.7. The number of fused-ring (bicyclic) bond motifs is 1. The quantitative estimate of drug-likeness (QED) is 0.168. The van der Waals surface area contributed by atoms with E-state index in [1.54, 1.807) is 0 Å². The minimum absolute atomic E-state index is 0.156.